The summed E-state index contributed by atoms with van der Waals surface area (Å²) < 4.78 is 0. The summed E-state index contributed by atoms with van der Waals surface area (Å²) in [5, 5.41) is 3.16. The lowest BCUT2D eigenvalue weighted by Gasteiger charge is -1.95. The van der Waals surface area contributed by atoms with Gasteiger partial charge in [0.25, 0.3) is 0 Å². The Hall–Kier alpha value is -1.93. The summed E-state index contributed by atoms with van der Waals surface area (Å²) in [7, 11) is 0. The van der Waals surface area contributed by atoms with Crippen molar-refractivity contribution in [1.29, 1.82) is 0 Å². The molecule has 0 aliphatic carbocycles. The number of aromatic nitrogens is 1. The minimum Gasteiger partial charge on any atom is -0.236 e. The maximum atomic E-state index is 4.66. The molecular weight excluding hydrogens is 226 g/mol. The first kappa shape index (κ1) is 10.2. The fourth-order valence-electron chi connectivity index (χ4n) is 1.68. The van der Waals surface area contributed by atoms with E-state index in [1.165, 1.54) is 5.56 Å². The third-order valence-corrected chi connectivity index (χ3v) is 3.43. The van der Waals surface area contributed by atoms with Gasteiger partial charge in [0.15, 0.2) is 0 Å². The Labute approximate surface area is 104 Å². The highest BCUT2D eigenvalue weighted by atomic mass is 32.1. The lowest BCUT2D eigenvalue weighted by atomic mass is 10.2. The molecule has 1 radical (unpaired) electrons. The van der Waals surface area contributed by atoms with E-state index in [1.54, 1.807) is 11.3 Å². The van der Waals surface area contributed by atoms with E-state index in [0.717, 1.165) is 16.3 Å². The van der Waals surface area contributed by atoms with Crippen LogP contribution >= 0.6 is 11.3 Å². The number of nitrogens with zero attached hydrogens (tertiary/aromatic N) is 1. The van der Waals surface area contributed by atoms with Gasteiger partial charge in [-0.3, -0.25) is 0 Å². The van der Waals surface area contributed by atoms with E-state index in [2.05, 4.69) is 28.6 Å². The normalized spacial score (nSPS) is 10.4. The lowest BCUT2D eigenvalue weighted by molar-refractivity contribution is 1.40. The second-order valence-electron chi connectivity index (χ2n) is 3.69. The van der Waals surface area contributed by atoms with E-state index >= 15 is 0 Å². The minimum absolute atomic E-state index is 1.03. The smallest absolute Gasteiger partial charge is 0.124 e. The Kier molecular flexibility index (Phi) is 2.72. The third-order valence-electron chi connectivity index (χ3n) is 2.54. The van der Waals surface area contributed by atoms with Crippen LogP contribution in [0.25, 0.3) is 21.8 Å². The summed E-state index contributed by atoms with van der Waals surface area (Å²) in [5.74, 6) is 0. The van der Waals surface area contributed by atoms with Crippen molar-refractivity contribution in [3.8, 4) is 21.8 Å². The minimum atomic E-state index is 1.03. The lowest BCUT2D eigenvalue weighted by Crippen LogP contribution is -1.78. The van der Waals surface area contributed by atoms with Crippen molar-refractivity contribution in [2.45, 2.75) is 0 Å². The molecule has 2 aromatic carbocycles. The molecule has 0 saturated carbocycles. The molecule has 0 N–H and O–H groups in total. The Morgan fingerprint density at radius 2 is 1.65 bits per heavy atom. The van der Waals surface area contributed by atoms with E-state index in [0.29, 0.717) is 0 Å². The van der Waals surface area contributed by atoms with Crippen LogP contribution in [-0.2, 0) is 0 Å². The Bertz CT molecular complexity index is 545. The van der Waals surface area contributed by atoms with Gasteiger partial charge in [0.1, 0.15) is 5.01 Å². The SMILES string of the molecule is [c]1ccc(-c2csc(-c3ccccc3)n2)cc1. The zero-order valence-electron chi connectivity index (χ0n) is 9.13. The molecule has 0 aliphatic rings. The summed E-state index contributed by atoms with van der Waals surface area (Å²) in [5.41, 5.74) is 3.34. The molecule has 0 bridgehead atoms. The second kappa shape index (κ2) is 4.52. The van der Waals surface area contributed by atoms with Crippen LogP contribution < -0.4 is 0 Å². The van der Waals surface area contributed by atoms with Gasteiger partial charge in [-0.1, -0.05) is 54.6 Å². The van der Waals surface area contributed by atoms with E-state index in [-0.39, 0.29) is 0 Å². The van der Waals surface area contributed by atoms with Gasteiger partial charge in [0, 0.05) is 16.5 Å². The molecule has 0 unspecified atom stereocenters. The maximum Gasteiger partial charge on any atom is 0.124 e. The van der Waals surface area contributed by atoms with Crippen molar-refractivity contribution >= 4 is 11.3 Å². The van der Waals surface area contributed by atoms with Crippen LogP contribution in [-0.4, -0.2) is 4.98 Å². The number of benzene rings is 2. The van der Waals surface area contributed by atoms with Gasteiger partial charge < -0.3 is 0 Å². The molecule has 3 aromatic rings. The molecule has 81 valence electrons. The van der Waals surface area contributed by atoms with Crippen LogP contribution in [0.3, 0.4) is 0 Å². The Morgan fingerprint density at radius 1 is 0.882 bits per heavy atom. The molecule has 3 rings (SSSR count). The first-order valence-electron chi connectivity index (χ1n) is 5.41. The molecule has 1 aromatic heterocycles. The molecule has 2 heteroatoms. The van der Waals surface area contributed by atoms with Crippen molar-refractivity contribution in [2.75, 3.05) is 0 Å². The predicted octanol–water partition coefficient (Wildman–Crippen LogP) is 4.28. The van der Waals surface area contributed by atoms with Crippen LogP contribution in [0.1, 0.15) is 0 Å². The van der Waals surface area contributed by atoms with Gasteiger partial charge in [-0.05, 0) is 6.07 Å². The first-order chi connectivity index (χ1) is 8.43. The second-order valence-corrected chi connectivity index (χ2v) is 4.55. The third kappa shape index (κ3) is 2.12. The standard InChI is InChI=1S/C15H10NS/c1-3-7-12(8-4-1)14-11-17-15(16-14)13-9-5-2-6-10-13/h2-11H. The number of hydrogen-bond donors (Lipinski definition) is 0. The Balaban J connectivity index is 1.99. The van der Waals surface area contributed by atoms with Crippen molar-refractivity contribution in [2.24, 2.45) is 0 Å². The first-order valence-corrected chi connectivity index (χ1v) is 6.29. The van der Waals surface area contributed by atoms with Crippen LogP contribution in [0.15, 0.2) is 60.0 Å². The van der Waals surface area contributed by atoms with Gasteiger partial charge in [0.05, 0.1) is 5.69 Å². The van der Waals surface area contributed by atoms with Crippen LogP contribution in [0.2, 0.25) is 0 Å². The average molecular weight is 236 g/mol. The predicted molar refractivity (Wildman–Crippen MR) is 71.8 cm³/mol. The van der Waals surface area contributed by atoms with Gasteiger partial charge in [-0.15, -0.1) is 11.3 Å². The number of rotatable bonds is 2. The topological polar surface area (TPSA) is 12.9 Å². The summed E-state index contributed by atoms with van der Waals surface area (Å²) in [6.45, 7) is 0. The summed E-state index contributed by atoms with van der Waals surface area (Å²) in [6.07, 6.45) is 0. The zero-order chi connectivity index (χ0) is 11.5. The summed E-state index contributed by atoms with van der Waals surface area (Å²) in [6, 6.07) is 21.2. The largest absolute Gasteiger partial charge is 0.236 e. The number of thiazole rings is 1. The zero-order valence-corrected chi connectivity index (χ0v) is 9.95. The van der Waals surface area contributed by atoms with Gasteiger partial charge >= 0.3 is 0 Å². The molecule has 0 fully saturated rings. The molecule has 1 nitrogen and oxygen atoms in total. The molecule has 0 aliphatic heterocycles. The van der Waals surface area contributed by atoms with E-state index in [4.69, 9.17) is 0 Å². The van der Waals surface area contributed by atoms with Crippen LogP contribution in [0.5, 0.6) is 0 Å². The molecule has 17 heavy (non-hydrogen) atoms. The van der Waals surface area contributed by atoms with E-state index in [1.807, 2.05) is 42.5 Å². The van der Waals surface area contributed by atoms with Crippen molar-refractivity contribution in [1.82, 2.24) is 4.98 Å². The highest BCUT2D eigenvalue weighted by Crippen LogP contribution is 2.28. The van der Waals surface area contributed by atoms with Gasteiger partial charge in [0.2, 0.25) is 0 Å². The highest BCUT2D eigenvalue weighted by molar-refractivity contribution is 7.13. The molecule has 0 saturated heterocycles. The van der Waals surface area contributed by atoms with Crippen molar-refractivity contribution in [3.63, 3.8) is 0 Å². The maximum absolute atomic E-state index is 4.66. The summed E-state index contributed by atoms with van der Waals surface area (Å²) >= 11 is 1.68. The molecule has 0 amide bonds. The quantitative estimate of drug-likeness (QED) is 0.647. The van der Waals surface area contributed by atoms with E-state index < -0.39 is 0 Å². The monoisotopic (exact) mass is 236 g/mol. The van der Waals surface area contributed by atoms with Gasteiger partial charge in [-0.25, -0.2) is 4.98 Å². The molecule has 0 spiro atoms. The van der Waals surface area contributed by atoms with E-state index in [9.17, 15) is 0 Å². The van der Waals surface area contributed by atoms with Crippen molar-refractivity contribution < 1.29 is 0 Å². The fourth-order valence-corrected chi connectivity index (χ4v) is 2.51. The van der Waals surface area contributed by atoms with Gasteiger partial charge in [-0.2, -0.15) is 0 Å². The van der Waals surface area contributed by atoms with Crippen LogP contribution in [0.4, 0.5) is 0 Å². The highest BCUT2D eigenvalue weighted by Gasteiger charge is 2.05. The summed E-state index contributed by atoms with van der Waals surface area (Å²) in [4.78, 5) is 4.66. The molecular formula is C15H10NS. The fraction of sp³-hybridized carbons (Fsp3) is 0. The Morgan fingerprint density at radius 3 is 2.41 bits per heavy atom. The molecule has 0 atom stereocenters. The average Bonchev–Trinajstić information content (AvgIpc) is 2.90. The molecule has 1 heterocycles. The number of hydrogen-bond acceptors (Lipinski definition) is 2. The van der Waals surface area contributed by atoms with Crippen LogP contribution in [0, 0.1) is 6.07 Å². The van der Waals surface area contributed by atoms with Crippen molar-refractivity contribution in [3.05, 3.63) is 66.0 Å².